The Balaban J connectivity index is 1.96. The van der Waals surface area contributed by atoms with Crippen molar-refractivity contribution in [3.8, 4) is 0 Å². The summed E-state index contributed by atoms with van der Waals surface area (Å²) in [5.41, 5.74) is 0.229. The van der Waals surface area contributed by atoms with Crippen LogP contribution in [0.2, 0.25) is 0 Å². The molecular weight excluding hydrogens is 295 g/mol. The number of nitrogens with zero attached hydrogens (tertiary/aromatic N) is 1. The molecule has 0 aliphatic carbocycles. The number of hydrogen-bond acceptors (Lipinski definition) is 3. The van der Waals surface area contributed by atoms with Crippen molar-refractivity contribution in [3.63, 3.8) is 0 Å². The number of amides is 1. The predicted molar refractivity (Wildman–Crippen MR) is 88.9 cm³/mol. The van der Waals surface area contributed by atoms with Gasteiger partial charge < -0.3 is 15.0 Å². The summed E-state index contributed by atoms with van der Waals surface area (Å²) in [4.78, 5) is 13.9. The SMILES string of the molecule is CNC(Cc1ccccc1F)C1CCN(C(=O)OC(C)(C)C)C1. The molecule has 4 nitrogen and oxygen atoms in total. The van der Waals surface area contributed by atoms with Crippen LogP contribution in [0.15, 0.2) is 24.3 Å². The smallest absolute Gasteiger partial charge is 0.410 e. The van der Waals surface area contributed by atoms with Crippen molar-refractivity contribution in [2.24, 2.45) is 5.92 Å². The molecule has 2 atom stereocenters. The number of carbonyl (C=O) groups excluding carboxylic acids is 1. The highest BCUT2D eigenvalue weighted by molar-refractivity contribution is 5.68. The zero-order chi connectivity index (χ0) is 17.0. The summed E-state index contributed by atoms with van der Waals surface area (Å²) in [7, 11) is 1.89. The van der Waals surface area contributed by atoms with Crippen LogP contribution in [0.25, 0.3) is 0 Å². The second-order valence-electron chi connectivity index (χ2n) is 7.17. The number of carbonyl (C=O) groups is 1. The fraction of sp³-hybridized carbons (Fsp3) is 0.611. The average Bonchev–Trinajstić information content (AvgIpc) is 2.94. The topological polar surface area (TPSA) is 41.6 Å². The maximum absolute atomic E-state index is 13.9. The zero-order valence-corrected chi connectivity index (χ0v) is 14.4. The number of likely N-dealkylation sites (tertiary alicyclic amines) is 1. The molecule has 5 heteroatoms. The Morgan fingerprint density at radius 2 is 2.13 bits per heavy atom. The Bertz CT molecular complexity index is 542. The standard InChI is InChI=1S/C18H27FN2O2/c1-18(2,3)23-17(22)21-10-9-14(12-21)16(20-4)11-13-7-5-6-8-15(13)19/h5-8,14,16,20H,9-12H2,1-4H3. The zero-order valence-electron chi connectivity index (χ0n) is 14.4. The van der Waals surface area contributed by atoms with Crippen molar-refractivity contribution in [2.75, 3.05) is 20.1 Å². The Kier molecular flexibility index (Phi) is 5.63. The highest BCUT2D eigenvalue weighted by atomic mass is 19.1. The molecule has 1 aromatic carbocycles. The minimum absolute atomic E-state index is 0.138. The van der Waals surface area contributed by atoms with Gasteiger partial charge in [0.2, 0.25) is 0 Å². The van der Waals surface area contributed by atoms with E-state index in [4.69, 9.17) is 4.74 Å². The Labute approximate surface area is 138 Å². The Morgan fingerprint density at radius 1 is 1.43 bits per heavy atom. The van der Waals surface area contributed by atoms with Gasteiger partial charge in [0.05, 0.1) is 0 Å². The molecule has 1 aliphatic rings. The molecule has 1 saturated heterocycles. The van der Waals surface area contributed by atoms with Crippen LogP contribution < -0.4 is 5.32 Å². The maximum Gasteiger partial charge on any atom is 0.410 e. The molecule has 2 unspecified atom stereocenters. The summed E-state index contributed by atoms with van der Waals surface area (Å²) >= 11 is 0. The van der Waals surface area contributed by atoms with Gasteiger partial charge in [-0.15, -0.1) is 0 Å². The predicted octanol–water partition coefficient (Wildman–Crippen LogP) is 3.21. The van der Waals surface area contributed by atoms with Crippen molar-refractivity contribution in [3.05, 3.63) is 35.6 Å². The third kappa shape index (κ3) is 4.93. The number of hydrogen-bond donors (Lipinski definition) is 1. The van der Waals surface area contributed by atoms with Gasteiger partial charge in [-0.25, -0.2) is 9.18 Å². The highest BCUT2D eigenvalue weighted by Crippen LogP contribution is 2.24. The quantitative estimate of drug-likeness (QED) is 0.925. The van der Waals surface area contributed by atoms with Crippen LogP contribution in [0, 0.1) is 11.7 Å². The summed E-state index contributed by atoms with van der Waals surface area (Å²) in [6.07, 6.45) is 1.26. The molecule has 0 aromatic heterocycles. The molecule has 1 aromatic rings. The number of halogens is 1. The summed E-state index contributed by atoms with van der Waals surface area (Å²) < 4.78 is 19.3. The van der Waals surface area contributed by atoms with E-state index in [1.165, 1.54) is 6.07 Å². The minimum Gasteiger partial charge on any atom is -0.444 e. The first-order chi connectivity index (χ1) is 10.8. The van der Waals surface area contributed by atoms with Gasteiger partial charge >= 0.3 is 6.09 Å². The van der Waals surface area contributed by atoms with Crippen LogP contribution in [0.3, 0.4) is 0 Å². The lowest BCUT2D eigenvalue weighted by atomic mass is 9.92. The van der Waals surface area contributed by atoms with Gasteiger partial charge in [0, 0.05) is 19.1 Å². The van der Waals surface area contributed by atoms with Crippen molar-refractivity contribution < 1.29 is 13.9 Å². The van der Waals surface area contributed by atoms with Crippen molar-refractivity contribution in [1.82, 2.24) is 10.2 Å². The largest absolute Gasteiger partial charge is 0.444 e. The maximum atomic E-state index is 13.9. The normalized spacial score (nSPS) is 19.7. The van der Waals surface area contributed by atoms with Crippen molar-refractivity contribution in [2.45, 2.75) is 45.3 Å². The molecule has 1 fully saturated rings. The van der Waals surface area contributed by atoms with E-state index in [1.54, 1.807) is 11.0 Å². The molecule has 0 saturated carbocycles. The molecule has 1 N–H and O–H groups in total. The van der Waals surface area contributed by atoms with E-state index in [0.29, 0.717) is 31.0 Å². The fourth-order valence-corrected chi connectivity index (χ4v) is 3.01. The van der Waals surface area contributed by atoms with E-state index < -0.39 is 5.60 Å². The first-order valence-electron chi connectivity index (χ1n) is 8.19. The second-order valence-corrected chi connectivity index (χ2v) is 7.17. The van der Waals surface area contributed by atoms with Crippen LogP contribution in [0.1, 0.15) is 32.8 Å². The third-order valence-electron chi connectivity index (χ3n) is 4.21. The van der Waals surface area contributed by atoms with Crippen molar-refractivity contribution >= 4 is 6.09 Å². The van der Waals surface area contributed by atoms with Crippen molar-refractivity contribution in [1.29, 1.82) is 0 Å². The van der Waals surface area contributed by atoms with Gasteiger partial charge in [-0.2, -0.15) is 0 Å². The summed E-state index contributed by atoms with van der Waals surface area (Å²) in [6.45, 7) is 6.94. The van der Waals surface area contributed by atoms with E-state index in [9.17, 15) is 9.18 Å². The molecule has 1 heterocycles. The lowest BCUT2D eigenvalue weighted by Crippen LogP contribution is -2.39. The minimum atomic E-state index is -0.481. The number of likely N-dealkylation sites (N-methyl/N-ethyl adjacent to an activating group) is 1. The first kappa shape index (κ1) is 17.7. The molecule has 1 aliphatic heterocycles. The molecule has 23 heavy (non-hydrogen) atoms. The molecule has 128 valence electrons. The van der Waals surface area contributed by atoms with E-state index in [1.807, 2.05) is 40.0 Å². The molecule has 2 rings (SSSR count). The summed E-state index contributed by atoms with van der Waals surface area (Å²) in [6, 6.07) is 7.00. The molecule has 0 spiro atoms. The van der Waals surface area contributed by atoms with Gasteiger partial charge in [0.15, 0.2) is 0 Å². The van der Waals surface area contributed by atoms with Gasteiger partial charge in [-0.3, -0.25) is 0 Å². The monoisotopic (exact) mass is 322 g/mol. The summed E-state index contributed by atoms with van der Waals surface area (Å²) in [5, 5.41) is 3.28. The van der Waals surface area contributed by atoms with Gasteiger partial charge in [0.1, 0.15) is 11.4 Å². The van der Waals surface area contributed by atoms with Crippen LogP contribution in [0.5, 0.6) is 0 Å². The van der Waals surface area contributed by atoms with E-state index in [2.05, 4.69) is 5.32 Å². The van der Waals surface area contributed by atoms with Crippen LogP contribution >= 0.6 is 0 Å². The molecule has 0 radical (unpaired) electrons. The van der Waals surface area contributed by atoms with Gasteiger partial charge in [0.25, 0.3) is 0 Å². The summed E-state index contributed by atoms with van der Waals surface area (Å²) in [5.74, 6) is 0.127. The second kappa shape index (κ2) is 7.30. The first-order valence-corrected chi connectivity index (χ1v) is 8.19. The van der Waals surface area contributed by atoms with Crippen LogP contribution in [-0.4, -0.2) is 42.8 Å². The van der Waals surface area contributed by atoms with Crippen LogP contribution in [-0.2, 0) is 11.2 Å². The molecule has 1 amide bonds. The number of ether oxygens (including phenoxy) is 1. The van der Waals surface area contributed by atoms with Crippen LogP contribution in [0.4, 0.5) is 9.18 Å². The van der Waals surface area contributed by atoms with E-state index in [-0.39, 0.29) is 18.0 Å². The number of nitrogens with one attached hydrogen (secondary N) is 1. The van der Waals surface area contributed by atoms with Gasteiger partial charge in [-0.1, -0.05) is 18.2 Å². The molecular formula is C18H27FN2O2. The third-order valence-corrected chi connectivity index (χ3v) is 4.21. The lowest BCUT2D eigenvalue weighted by molar-refractivity contribution is 0.0285. The van der Waals surface area contributed by atoms with E-state index in [0.717, 1.165) is 6.42 Å². The van der Waals surface area contributed by atoms with E-state index >= 15 is 0 Å². The lowest BCUT2D eigenvalue weighted by Gasteiger charge is -2.26. The number of rotatable bonds is 4. The fourth-order valence-electron chi connectivity index (χ4n) is 3.01. The molecule has 0 bridgehead atoms. The highest BCUT2D eigenvalue weighted by Gasteiger charge is 2.33. The Morgan fingerprint density at radius 3 is 2.74 bits per heavy atom. The Hall–Kier alpha value is -1.62. The average molecular weight is 322 g/mol. The van der Waals surface area contributed by atoms with Gasteiger partial charge in [-0.05, 0) is 58.2 Å². The number of benzene rings is 1.